The minimum absolute atomic E-state index is 0.148. The van der Waals surface area contributed by atoms with E-state index >= 15 is 0 Å². The third kappa shape index (κ3) is 3.04. The summed E-state index contributed by atoms with van der Waals surface area (Å²) in [6.07, 6.45) is 0. The van der Waals surface area contributed by atoms with Crippen LogP contribution in [0.5, 0.6) is 0 Å². The molecule has 3 rings (SSSR count). The second-order valence-corrected chi connectivity index (χ2v) is 6.21. The number of nitrogens with zero attached hydrogens (tertiary/aromatic N) is 2. The van der Waals surface area contributed by atoms with E-state index in [1.807, 2.05) is 25.1 Å². The van der Waals surface area contributed by atoms with Gasteiger partial charge < -0.3 is 5.32 Å². The minimum Gasteiger partial charge on any atom is -0.383 e. The molecule has 1 amide bonds. The zero-order chi connectivity index (χ0) is 17.3. The Balaban J connectivity index is 1.88. The molecular weight excluding hydrogens is 328 g/mol. The first-order valence-electron chi connectivity index (χ1n) is 7.12. The Morgan fingerprint density at radius 2 is 2.04 bits per heavy atom. The molecule has 0 unspecified atom stereocenters. The molecule has 0 spiro atoms. The molecule has 0 saturated carbocycles. The highest BCUT2D eigenvalue weighted by Gasteiger charge is 2.17. The number of hydrogen-bond donors (Lipinski definition) is 2. The third-order valence-corrected chi connectivity index (χ3v) is 4.42. The Morgan fingerprint density at radius 1 is 1.25 bits per heavy atom. The lowest BCUT2D eigenvalue weighted by atomic mass is 10.1. The number of carbonyl (C=O) groups is 1. The van der Waals surface area contributed by atoms with Gasteiger partial charge in [-0.25, -0.2) is 4.98 Å². The van der Waals surface area contributed by atoms with E-state index in [1.165, 1.54) is 29.5 Å². The van der Waals surface area contributed by atoms with Gasteiger partial charge in [-0.2, -0.15) is 0 Å². The van der Waals surface area contributed by atoms with Crippen molar-refractivity contribution in [2.75, 3.05) is 17.7 Å². The quantitative estimate of drug-likeness (QED) is 0.555. The summed E-state index contributed by atoms with van der Waals surface area (Å²) in [5, 5.41) is 17.0. The number of nitrogens with one attached hydrogen (secondary N) is 2. The fourth-order valence-corrected chi connectivity index (χ4v) is 3.25. The number of thiazole rings is 1. The number of benzene rings is 2. The first-order chi connectivity index (χ1) is 11.5. The van der Waals surface area contributed by atoms with Crippen LogP contribution in [-0.4, -0.2) is 22.9 Å². The number of amides is 1. The van der Waals surface area contributed by atoms with Crippen molar-refractivity contribution in [2.45, 2.75) is 6.92 Å². The lowest BCUT2D eigenvalue weighted by molar-refractivity contribution is -0.384. The summed E-state index contributed by atoms with van der Waals surface area (Å²) in [6, 6.07) is 10.1. The van der Waals surface area contributed by atoms with Crippen LogP contribution in [0.25, 0.3) is 10.2 Å². The molecule has 2 aromatic carbocycles. The molecule has 8 heteroatoms. The van der Waals surface area contributed by atoms with Gasteiger partial charge in [-0.15, -0.1) is 0 Å². The zero-order valence-electron chi connectivity index (χ0n) is 13.0. The number of rotatable bonds is 4. The number of fused-ring (bicyclic) bond motifs is 1. The second kappa shape index (κ2) is 6.25. The average Bonchev–Trinajstić information content (AvgIpc) is 2.95. The van der Waals surface area contributed by atoms with Crippen molar-refractivity contribution in [1.82, 2.24) is 4.98 Å². The van der Waals surface area contributed by atoms with E-state index < -0.39 is 10.8 Å². The maximum Gasteiger partial charge on any atom is 0.293 e. The molecule has 122 valence electrons. The van der Waals surface area contributed by atoms with Gasteiger partial charge in [0.25, 0.3) is 11.6 Å². The molecule has 0 aliphatic heterocycles. The van der Waals surface area contributed by atoms with Crippen LogP contribution in [0.15, 0.2) is 36.4 Å². The molecule has 0 radical (unpaired) electrons. The summed E-state index contributed by atoms with van der Waals surface area (Å²) in [6.45, 7) is 1.99. The Hall–Kier alpha value is -3.00. The topological polar surface area (TPSA) is 97.2 Å². The molecule has 0 aliphatic rings. The standard InChI is InChI=1S/C16H14N4O3S/c1-9-3-5-12-14(7-9)24-16(18-12)19-15(21)10-4-6-11(17-2)13(8-10)20(22)23/h3-8,17H,1-2H3,(H,18,19,21). The lowest BCUT2D eigenvalue weighted by Crippen LogP contribution is -2.12. The van der Waals surface area contributed by atoms with Gasteiger partial charge in [0.05, 0.1) is 15.1 Å². The van der Waals surface area contributed by atoms with Crippen LogP contribution in [0, 0.1) is 17.0 Å². The van der Waals surface area contributed by atoms with Crippen molar-refractivity contribution in [1.29, 1.82) is 0 Å². The van der Waals surface area contributed by atoms with Crippen molar-refractivity contribution in [3.8, 4) is 0 Å². The van der Waals surface area contributed by atoms with Crippen molar-refractivity contribution in [3.63, 3.8) is 0 Å². The van der Waals surface area contributed by atoms with Crippen molar-refractivity contribution < 1.29 is 9.72 Å². The monoisotopic (exact) mass is 342 g/mol. The first kappa shape index (κ1) is 15.9. The van der Waals surface area contributed by atoms with E-state index in [0.717, 1.165) is 15.8 Å². The van der Waals surface area contributed by atoms with Gasteiger partial charge in [0.2, 0.25) is 0 Å². The summed E-state index contributed by atoms with van der Waals surface area (Å²) in [5.41, 5.74) is 2.33. The van der Waals surface area contributed by atoms with Gasteiger partial charge in [0, 0.05) is 18.7 Å². The molecule has 0 saturated heterocycles. The Bertz CT molecular complexity index is 952. The van der Waals surface area contributed by atoms with Gasteiger partial charge in [-0.3, -0.25) is 20.2 Å². The molecule has 0 fully saturated rings. The Morgan fingerprint density at radius 3 is 2.75 bits per heavy atom. The van der Waals surface area contributed by atoms with Crippen molar-refractivity contribution >= 4 is 44.0 Å². The number of aromatic nitrogens is 1. The molecule has 24 heavy (non-hydrogen) atoms. The highest BCUT2D eigenvalue weighted by Crippen LogP contribution is 2.28. The summed E-state index contributed by atoms with van der Waals surface area (Å²) in [5.74, 6) is -0.434. The zero-order valence-corrected chi connectivity index (χ0v) is 13.8. The number of aryl methyl sites for hydroxylation is 1. The van der Waals surface area contributed by atoms with Crippen LogP contribution in [-0.2, 0) is 0 Å². The number of anilines is 2. The normalized spacial score (nSPS) is 10.6. The van der Waals surface area contributed by atoms with Crippen molar-refractivity contribution in [2.24, 2.45) is 0 Å². The van der Waals surface area contributed by atoms with Crippen molar-refractivity contribution in [3.05, 3.63) is 57.6 Å². The van der Waals surface area contributed by atoms with Crippen LogP contribution in [0.3, 0.4) is 0 Å². The highest BCUT2D eigenvalue weighted by atomic mass is 32.1. The number of hydrogen-bond acceptors (Lipinski definition) is 6. The molecule has 1 heterocycles. The number of carbonyl (C=O) groups excluding carboxylic acids is 1. The fraction of sp³-hybridized carbons (Fsp3) is 0.125. The van der Waals surface area contributed by atoms with Gasteiger partial charge in [0.1, 0.15) is 5.69 Å². The van der Waals surface area contributed by atoms with Crippen LogP contribution in [0.2, 0.25) is 0 Å². The fourth-order valence-electron chi connectivity index (χ4n) is 2.29. The lowest BCUT2D eigenvalue weighted by Gasteiger charge is -2.05. The maximum atomic E-state index is 12.3. The summed E-state index contributed by atoms with van der Waals surface area (Å²) >= 11 is 1.36. The molecule has 0 atom stereocenters. The minimum atomic E-state index is -0.525. The third-order valence-electron chi connectivity index (χ3n) is 3.49. The second-order valence-electron chi connectivity index (χ2n) is 5.18. The van der Waals surface area contributed by atoms with Crippen LogP contribution < -0.4 is 10.6 Å². The van der Waals surface area contributed by atoms with E-state index in [9.17, 15) is 14.9 Å². The molecule has 0 aliphatic carbocycles. The molecule has 7 nitrogen and oxygen atoms in total. The average molecular weight is 342 g/mol. The maximum absolute atomic E-state index is 12.3. The van der Waals surface area contributed by atoms with E-state index in [1.54, 1.807) is 7.05 Å². The van der Waals surface area contributed by atoms with Gasteiger partial charge in [-0.1, -0.05) is 17.4 Å². The first-order valence-corrected chi connectivity index (χ1v) is 7.94. The molecular formula is C16H14N4O3S. The Labute approximate surface area is 141 Å². The molecule has 3 aromatic rings. The molecule has 0 bridgehead atoms. The van der Waals surface area contributed by atoms with E-state index in [4.69, 9.17) is 0 Å². The summed E-state index contributed by atoms with van der Waals surface area (Å²) < 4.78 is 0.974. The van der Waals surface area contributed by atoms with Crippen LogP contribution >= 0.6 is 11.3 Å². The van der Waals surface area contributed by atoms with Gasteiger partial charge >= 0.3 is 0 Å². The SMILES string of the molecule is CNc1ccc(C(=O)Nc2nc3ccc(C)cc3s2)cc1[N+](=O)[O-]. The van der Waals surface area contributed by atoms with E-state index in [2.05, 4.69) is 15.6 Å². The van der Waals surface area contributed by atoms with E-state index in [-0.39, 0.29) is 11.3 Å². The van der Waals surface area contributed by atoms with Crippen LogP contribution in [0.4, 0.5) is 16.5 Å². The number of nitro benzene ring substituents is 1. The predicted octanol–water partition coefficient (Wildman–Crippen LogP) is 3.81. The molecule has 1 aromatic heterocycles. The summed E-state index contributed by atoms with van der Waals surface area (Å²) in [4.78, 5) is 27.3. The molecule has 2 N–H and O–H groups in total. The van der Waals surface area contributed by atoms with Gasteiger partial charge in [0.15, 0.2) is 5.13 Å². The number of nitro groups is 1. The predicted molar refractivity (Wildman–Crippen MR) is 95.0 cm³/mol. The Kier molecular flexibility index (Phi) is 4.13. The van der Waals surface area contributed by atoms with Crippen LogP contribution in [0.1, 0.15) is 15.9 Å². The summed E-state index contributed by atoms with van der Waals surface area (Å²) in [7, 11) is 1.59. The highest BCUT2D eigenvalue weighted by molar-refractivity contribution is 7.22. The van der Waals surface area contributed by atoms with Gasteiger partial charge in [-0.05, 0) is 36.8 Å². The smallest absolute Gasteiger partial charge is 0.293 e. The van der Waals surface area contributed by atoms with E-state index in [0.29, 0.717) is 10.8 Å². The largest absolute Gasteiger partial charge is 0.383 e.